The Labute approximate surface area is 134 Å². The van der Waals surface area contributed by atoms with Gasteiger partial charge in [0.05, 0.1) is 30.7 Å². The highest BCUT2D eigenvalue weighted by Crippen LogP contribution is 2.36. The minimum absolute atomic E-state index is 0.0374. The normalized spacial score (nSPS) is 19.7. The summed E-state index contributed by atoms with van der Waals surface area (Å²) in [4.78, 5) is 12.2. The Kier molecular flexibility index (Phi) is 5.18. The van der Waals surface area contributed by atoms with Gasteiger partial charge in [-0.1, -0.05) is 11.6 Å². The molecule has 1 aliphatic heterocycles. The smallest absolute Gasteiger partial charge is 0.251 e. The molecule has 0 spiro atoms. The second kappa shape index (κ2) is 6.75. The van der Waals surface area contributed by atoms with E-state index in [-0.39, 0.29) is 28.4 Å². The van der Waals surface area contributed by atoms with Crippen LogP contribution in [0, 0.1) is 5.92 Å². The van der Waals surface area contributed by atoms with Crippen LogP contribution in [0.5, 0.6) is 11.5 Å². The van der Waals surface area contributed by atoms with E-state index >= 15 is 0 Å². The summed E-state index contributed by atoms with van der Waals surface area (Å²) in [6, 6.07) is 3.02. The number of sulfone groups is 1. The van der Waals surface area contributed by atoms with Crippen LogP contribution >= 0.6 is 11.6 Å². The zero-order valence-corrected chi connectivity index (χ0v) is 14.0. The Balaban J connectivity index is 2.05. The fourth-order valence-electron chi connectivity index (χ4n) is 2.42. The number of carbonyl (C=O) groups is 1. The zero-order chi connectivity index (χ0) is 16.3. The fourth-order valence-corrected chi connectivity index (χ4v) is 4.57. The lowest BCUT2D eigenvalue weighted by Crippen LogP contribution is -2.29. The Morgan fingerprint density at radius 1 is 1.36 bits per heavy atom. The molecule has 1 aromatic carbocycles. The summed E-state index contributed by atoms with van der Waals surface area (Å²) in [6.07, 6.45) is 0.579. The van der Waals surface area contributed by atoms with Crippen LogP contribution in [-0.2, 0) is 9.84 Å². The molecular formula is C14H18ClNO5S. The molecule has 1 saturated heterocycles. The molecule has 0 aromatic heterocycles. The maximum absolute atomic E-state index is 12.2. The van der Waals surface area contributed by atoms with Crippen LogP contribution in [0.2, 0.25) is 5.02 Å². The molecule has 0 aliphatic carbocycles. The number of nitrogens with one attached hydrogen (secondary N) is 1. The van der Waals surface area contributed by atoms with E-state index in [9.17, 15) is 13.2 Å². The third kappa shape index (κ3) is 3.84. The molecule has 1 N–H and O–H groups in total. The highest BCUT2D eigenvalue weighted by Gasteiger charge is 2.28. The molecular weight excluding hydrogens is 330 g/mol. The van der Waals surface area contributed by atoms with Gasteiger partial charge in [0.2, 0.25) is 0 Å². The zero-order valence-electron chi connectivity index (χ0n) is 12.4. The van der Waals surface area contributed by atoms with E-state index in [2.05, 4.69) is 5.32 Å². The molecule has 0 radical (unpaired) electrons. The van der Waals surface area contributed by atoms with Gasteiger partial charge in [0, 0.05) is 12.1 Å². The quantitative estimate of drug-likeness (QED) is 0.873. The minimum atomic E-state index is -2.94. The van der Waals surface area contributed by atoms with Crippen molar-refractivity contribution >= 4 is 27.3 Å². The predicted molar refractivity (Wildman–Crippen MR) is 83.7 cm³/mol. The van der Waals surface area contributed by atoms with Crippen molar-refractivity contribution in [3.63, 3.8) is 0 Å². The first-order valence-corrected chi connectivity index (χ1v) is 8.96. The van der Waals surface area contributed by atoms with E-state index in [1.807, 2.05) is 0 Å². The number of hydrogen-bond donors (Lipinski definition) is 1. The van der Waals surface area contributed by atoms with E-state index in [1.165, 1.54) is 26.4 Å². The van der Waals surface area contributed by atoms with E-state index < -0.39 is 9.84 Å². The van der Waals surface area contributed by atoms with Gasteiger partial charge in [-0.2, -0.15) is 0 Å². The highest BCUT2D eigenvalue weighted by molar-refractivity contribution is 7.91. The first-order chi connectivity index (χ1) is 10.4. The average Bonchev–Trinajstić information content (AvgIpc) is 2.83. The maximum atomic E-state index is 12.2. The Morgan fingerprint density at radius 2 is 2.09 bits per heavy atom. The lowest BCUT2D eigenvalue weighted by Gasteiger charge is -2.13. The summed E-state index contributed by atoms with van der Waals surface area (Å²) in [7, 11) is -0.0234. The van der Waals surface area contributed by atoms with Gasteiger partial charge in [0.25, 0.3) is 5.91 Å². The summed E-state index contributed by atoms with van der Waals surface area (Å²) in [6.45, 7) is 0.323. The lowest BCUT2D eigenvalue weighted by molar-refractivity contribution is 0.0948. The van der Waals surface area contributed by atoms with Crippen LogP contribution < -0.4 is 14.8 Å². The van der Waals surface area contributed by atoms with Gasteiger partial charge in [0.1, 0.15) is 0 Å². The molecule has 2 rings (SSSR count). The average molecular weight is 348 g/mol. The third-order valence-electron chi connectivity index (χ3n) is 3.57. The van der Waals surface area contributed by atoms with Crippen molar-refractivity contribution in [2.24, 2.45) is 5.92 Å². The van der Waals surface area contributed by atoms with Gasteiger partial charge in [0.15, 0.2) is 21.3 Å². The van der Waals surface area contributed by atoms with Gasteiger partial charge in [-0.05, 0) is 24.5 Å². The fraction of sp³-hybridized carbons (Fsp3) is 0.500. The summed E-state index contributed by atoms with van der Waals surface area (Å²) in [5.74, 6) is 0.679. The number of methoxy groups -OCH3 is 2. The summed E-state index contributed by atoms with van der Waals surface area (Å²) in [5.41, 5.74) is 0.337. The molecule has 0 bridgehead atoms. The van der Waals surface area contributed by atoms with Gasteiger partial charge < -0.3 is 14.8 Å². The van der Waals surface area contributed by atoms with Crippen LogP contribution in [0.15, 0.2) is 12.1 Å². The van der Waals surface area contributed by atoms with Crippen molar-refractivity contribution in [1.82, 2.24) is 5.32 Å². The topological polar surface area (TPSA) is 81.7 Å². The van der Waals surface area contributed by atoms with E-state index in [4.69, 9.17) is 21.1 Å². The predicted octanol–water partition coefficient (Wildman–Crippen LogP) is 1.52. The first kappa shape index (κ1) is 16.9. The number of rotatable bonds is 5. The molecule has 0 unspecified atom stereocenters. The molecule has 22 heavy (non-hydrogen) atoms. The van der Waals surface area contributed by atoms with Crippen LogP contribution in [0.4, 0.5) is 0 Å². The van der Waals surface area contributed by atoms with Crippen molar-refractivity contribution in [2.75, 3.05) is 32.3 Å². The van der Waals surface area contributed by atoms with Crippen molar-refractivity contribution in [1.29, 1.82) is 0 Å². The number of amides is 1. The van der Waals surface area contributed by atoms with Gasteiger partial charge >= 0.3 is 0 Å². The summed E-state index contributed by atoms with van der Waals surface area (Å²) >= 11 is 6.06. The molecule has 1 atom stereocenters. The Hall–Kier alpha value is -1.47. The van der Waals surface area contributed by atoms with Crippen LogP contribution in [0.25, 0.3) is 0 Å². The molecule has 8 heteroatoms. The summed E-state index contributed by atoms with van der Waals surface area (Å²) in [5, 5.41) is 3.01. The number of halogens is 1. The van der Waals surface area contributed by atoms with Crippen LogP contribution in [0.1, 0.15) is 16.8 Å². The molecule has 1 aliphatic rings. The van der Waals surface area contributed by atoms with Crippen LogP contribution in [-0.4, -0.2) is 46.6 Å². The molecule has 1 fully saturated rings. The minimum Gasteiger partial charge on any atom is -0.493 e. The van der Waals surface area contributed by atoms with Crippen molar-refractivity contribution in [3.8, 4) is 11.5 Å². The van der Waals surface area contributed by atoms with Crippen molar-refractivity contribution in [2.45, 2.75) is 6.42 Å². The maximum Gasteiger partial charge on any atom is 0.251 e. The van der Waals surface area contributed by atoms with Crippen LogP contribution in [0.3, 0.4) is 0 Å². The number of hydrogen-bond acceptors (Lipinski definition) is 5. The lowest BCUT2D eigenvalue weighted by atomic mass is 10.1. The van der Waals surface area contributed by atoms with Gasteiger partial charge in [-0.3, -0.25) is 4.79 Å². The first-order valence-electron chi connectivity index (χ1n) is 6.76. The number of ether oxygens (including phenoxy) is 2. The third-order valence-corrected chi connectivity index (χ3v) is 5.69. The molecule has 122 valence electrons. The number of benzene rings is 1. The SMILES string of the molecule is COc1cc(C(=O)NC[C@@H]2CCS(=O)(=O)C2)cc(Cl)c1OC. The number of carbonyl (C=O) groups excluding carboxylic acids is 1. The van der Waals surface area contributed by atoms with Gasteiger partial charge in [-0.15, -0.1) is 0 Å². The van der Waals surface area contributed by atoms with E-state index in [0.29, 0.717) is 30.0 Å². The van der Waals surface area contributed by atoms with E-state index in [1.54, 1.807) is 0 Å². The molecule has 1 amide bonds. The molecule has 1 aromatic rings. The Morgan fingerprint density at radius 3 is 2.64 bits per heavy atom. The molecule has 6 nitrogen and oxygen atoms in total. The monoisotopic (exact) mass is 347 g/mol. The van der Waals surface area contributed by atoms with E-state index in [0.717, 1.165) is 0 Å². The molecule has 1 heterocycles. The highest BCUT2D eigenvalue weighted by atomic mass is 35.5. The van der Waals surface area contributed by atoms with Crippen molar-refractivity contribution in [3.05, 3.63) is 22.7 Å². The largest absolute Gasteiger partial charge is 0.493 e. The summed E-state index contributed by atoms with van der Waals surface area (Å²) < 4.78 is 33.0. The van der Waals surface area contributed by atoms with Gasteiger partial charge in [-0.25, -0.2) is 8.42 Å². The Bertz CT molecular complexity index is 674. The second-order valence-electron chi connectivity index (χ2n) is 5.17. The standard InChI is InChI=1S/C14H18ClNO5S/c1-20-12-6-10(5-11(15)13(12)21-2)14(17)16-7-9-3-4-22(18,19)8-9/h5-6,9H,3-4,7-8H2,1-2H3,(H,16,17)/t9-/m0/s1. The van der Waals surface area contributed by atoms with Crippen molar-refractivity contribution < 1.29 is 22.7 Å². The second-order valence-corrected chi connectivity index (χ2v) is 7.81. The molecule has 0 saturated carbocycles.